The molecule has 0 aromatic heterocycles. The zero-order valence-corrected chi connectivity index (χ0v) is 5.68. The standard InChI is InChI=1S/C5H7ClO3/c1-2-9-5(8)4(7)3-6/h3,7H,2H2,1H3. The molecule has 52 valence electrons. The highest BCUT2D eigenvalue weighted by Gasteiger charge is 2.05. The molecule has 0 aliphatic heterocycles. The fraction of sp³-hybridized carbons (Fsp3) is 0.400. The Bertz CT molecular complexity index is 130. The Hall–Kier alpha value is -0.700. The van der Waals surface area contributed by atoms with E-state index in [4.69, 9.17) is 16.7 Å². The van der Waals surface area contributed by atoms with Gasteiger partial charge in [0.15, 0.2) is 0 Å². The summed E-state index contributed by atoms with van der Waals surface area (Å²) in [6, 6.07) is 0. The second-order valence-electron chi connectivity index (χ2n) is 1.21. The fourth-order valence-corrected chi connectivity index (χ4v) is 0.339. The maximum atomic E-state index is 10.3. The van der Waals surface area contributed by atoms with Gasteiger partial charge < -0.3 is 9.84 Å². The number of ether oxygens (including phenoxy) is 1. The average molecular weight is 151 g/mol. The van der Waals surface area contributed by atoms with Crippen LogP contribution in [-0.4, -0.2) is 17.7 Å². The number of carbonyl (C=O) groups is 1. The van der Waals surface area contributed by atoms with Crippen LogP contribution in [0.5, 0.6) is 0 Å². The first kappa shape index (κ1) is 8.30. The molecule has 0 fully saturated rings. The first-order valence-corrected chi connectivity index (χ1v) is 2.82. The molecule has 0 unspecified atom stereocenters. The van der Waals surface area contributed by atoms with Crippen molar-refractivity contribution < 1.29 is 14.6 Å². The van der Waals surface area contributed by atoms with E-state index >= 15 is 0 Å². The van der Waals surface area contributed by atoms with E-state index in [-0.39, 0.29) is 6.61 Å². The Kier molecular flexibility index (Phi) is 3.88. The molecule has 0 aromatic carbocycles. The van der Waals surface area contributed by atoms with Gasteiger partial charge in [-0.2, -0.15) is 0 Å². The summed E-state index contributed by atoms with van der Waals surface area (Å²) in [5.41, 5.74) is 0.762. The summed E-state index contributed by atoms with van der Waals surface area (Å²) in [4.78, 5) is 10.3. The minimum atomic E-state index is -0.799. The van der Waals surface area contributed by atoms with Crippen LogP contribution >= 0.6 is 11.6 Å². The molecule has 0 radical (unpaired) electrons. The van der Waals surface area contributed by atoms with Gasteiger partial charge in [-0.15, -0.1) is 0 Å². The van der Waals surface area contributed by atoms with Gasteiger partial charge in [0.2, 0.25) is 5.76 Å². The van der Waals surface area contributed by atoms with E-state index in [0.29, 0.717) is 0 Å². The Morgan fingerprint density at radius 2 is 2.44 bits per heavy atom. The number of esters is 1. The number of halogens is 1. The summed E-state index contributed by atoms with van der Waals surface area (Å²) in [5, 5.41) is 8.51. The molecule has 9 heavy (non-hydrogen) atoms. The number of aliphatic hydroxyl groups excluding tert-OH is 1. The number of hydrogen-bond acceptors (Lipinski definition) is 3. The number of rotatable bonds is 2. The average Bonchev–Trinajstić information content (AvgIpc) is 1.87. The fourth-order valence-electron chi connectivity index (χ4n) is 0.250. The lowest BCUT2D eigenvalue weighted by Crippen LogP contribution is -2.05. The molecule has 0 aliphatic rings. The molecule has 0 rings (SSSR count). The van der Waals surface area contributed by atoms with Crippen LogP contribution in [0, 0.1) is 0 Å². The highest BCUT2D eigenvalue weighted by Crippen LogP contribution is 1.94. The van der Waals surface area contributed by atoms with E-state index < -0.39 is 11.7 Å². The molecule has 0 aliphatic carbocycles. The first-order valence-electron chi connectivity index (χ1n) is 2.38. The number of carbonyl (C=O) groups excluding carboxylic acids is 1. The molecule has 0 atom stereocenters. The van der Waals surface area contributed by atoms with Crippen LogP contribution in [0.15, 0.2) is 11.3 Å². The minimum Gasteiger partial charge on any atom is -0.501 e. The van der Waals surface area contributed by atoms with Crippen molar-refractivity contribution in [1.29, 1.82) is 0 Å². The highest BCUT2D eigenvalue weighted by molar-refractivity contribution is 6.27. The summed E-state index contributed by atoms with van der Waals surface area (Å²) in [7, 11) is 0. The smallest absolute Gasteiger partial charge is 0.374 e. The van der Waals surface area contributed by atoms with Gasteiger partial charge >= 0.3 is 5.97 Å². The predicted octanol–water partition coefficient (Wildman–Crippen LogP) is 1.19. The molecule has 4 heteroatoms. The van der Waals surface area contributed by atoms with Crippen LogP contribution in [-0.2, 0) is 9.53 Å². The zero-order valence-electron chi connectivity index (χ0n) is 4.93. The SMILES string of the molecule is CCOC(=O)C(O)=CCl. The second-order valence-corrected chi connectivity index (χ2v) is 1.43. The predicted molar refractivity (Wildman–Crippen MR) is 33.2 cm³/mol. The van der Waals surface area contributed by atoms with Crippen molar-refractivity contribution >= 4 is 17.6 Å². The van der Waals surface area contributed by atoms with E-state index in [9.17, 15) is 4.79 Å². The first-order chi connectivity index (χ1) is 4.22. The quantitative estimate of drug-likeness (QED) is 0.365. The van der Waals surface area contributed by atoms with Gasteiger partial charge in [-0.3, -0.25) is 0 Å². The third-order valence-electron chi connectivity index (χ3n) is 0.588. The lowest BCUT2D eigenvalue weighted by Gasteiger charge is -1.96. The van der Waals surface area contributed by atoms with Crippen LogP contribution < -0.4 is 0 Å². The molecule has 0 aromatic rings. The van der Waals surface area contributed by atoms with Gasteiger partial charge in [-0.25, -0.2) is 4.79 Å². The van der Waals surface area contributed by atoms with E-state index in [1.165, 1.54) is 0 Å². The zero-order chi connectivity index (χ0) is 7.28. The van der Waals surface area contributed by atoms with Crippen molar-refractivity contribution in [1.82, 2.24) is 0 Å². The van der Waals surface area contributed by atoms with Crippen LogP contribution in [0.3, 0.4) is 0 Å². The molecule has 0 saturated carbocycles. The van der Waals surface area contributed by atoms with Gasteiger partial charge in [0.05, 0.1) is 12.1 Å². The summed E-state index contributed by atoms with van der Waals surface area (Å²) in [6.45, 7) is 1.87. The van der Waals surface area contributed by atoms with Crippen molar-refractivity contribution in [2.24, 2.45) is 0 Å². The van der Waals surface area contributed by atoms with E-state index in [2.05, 4.69) is 4.74 Å². The minimum absolute atomic E-state index is 0.230. The van der Waals surface area contributed by atoms with Gasteiger partial charge in [0, 0.05) is 0 Å². The molecule has 3 nitrogen and oxygen atoms in total. The maximum absolute atomic E-state index is 10.3. The molecule has 0 spiro atoms. The van der Waals surface area contributed by atoms with E-state index in [1.54, 1.807) is 6.92 Å². The van der Waals surface area contributed by atoms with Gasteiger partial charge in [0.1, 0.15) is 0 Å². The lowest BCUT2D eigenvalue weighted by atomic mass is 10.6. The maximum Gasteiger partial charge on any atom is 0.374 e. The molecule has 1 N–H and O–H groups in total. The molecule has 0 heterocycles. The third kappa shape index (κ3) is 2.98. The van der Waals surface area contributed by atoms with Gasteiger partial charge in [-0.05, 0) is 6.92 Å². The van der Waals surface area contributed by atoms with Crippen LogP contribution in [0.4, 0.5) is 0 Å². The largest absolute Gasteiger partial charge is 0.501 e. The van der Waals surface area contributed by atoms with Gasteiger partial charge in [0.25, 0.3) is 0 Å². The van der Waals surface area contributed by atoms with Crippen LogP contribution in [0.25, 0.3) is 0 Å². The summed E-state index contributed by atoms with van der Waals surface area (Å²) in [5.74, 6) is -1.37. The van der Waals surface area contributed by atoms with Crippen LogP contribution in [0.2, 0.25) is 0 Å². The third-order valence-corrected chi connectivity index (χ3v) is 0.795. The number of aliphatic hydroxyl groups is 1. The summed E-state index contributed by atoms with van der Waals surface area (Å²) < 4.78 is 4.35. The molecule has 0 bridgehead atoms. The van der Waals surface area contributed by atoms with Crippen LogP contribution in [0.1, 0.15) is 6.92 Å². The molecular formula is C5H7ClO3. The van der Waals surface area contributed by atoms with Crippen molar-refractivity contribution in [3.63, 3.8) is 0 Å². The monoisotopic (exact) mass is 150 g/mol. The Morgan fingerprint density at radius 3 is 2.78 bits per heavy atom. The Morgan fingerprint density at radius 1 is 1.89 bits per heavy atom. The molecule has 0 saturated heterocycles. The molecule has 0 amide bonds. The van der Waals surface area contributed by atoms with Crippen molar-refractivity contribution in [2.45, 2.75) is 6.92 Å². The Balaban J connectivity index is 3.74. The van der Waals surface area contributed by atoms with Crippen molar-refractivity contribution in [3.05, 3.63) is 11.3 Å². The van der Waals surface area contributed by atoms with Crippen molar-refractivity contribution in [3.8, 4) is 0 Å². The second kappa shape index (κ2) is 4.21. The molecular weight excluding hydrogens is 144 g/mol. The highest BCUT2D eigenvalue weighted by atomic mass is 35.5. The van der Waals surface area contributed by atoms with E-state index in [1.807, 2.05) is 0 Å². The topological polar surface area (TPSA) is 46.5 Å². The normalized spacial score (nSPS) is 11.1. The number of hydrogen-bond donors (Lipinski definition) is 1. The summed E-state index contributed by atoms with van der Waals surface area (Å²) >= 11 is 4.97. The van der Waals surface area contributed by atoms with Gasteiger partial charge in [-0.1, -0.05) is 11.6 Å². The summed E-state index contributed by atoms with van der Waals surface area (Å²) in [6.07, 6.45) is 0. The van der Waals surface area contributed by atoms with E-state index in [0.717, 1.165) is 5.54 Å². The lowest BCUT2D eigenvalue weighted by molar-refractivity contribution is -0.141. The Labute approximate surface area is 57.9 Å². The van der Waals surface area contributed by atoms with Crippen molar-refractivity contribution in [2.75, 3.05) is 6.61 Å².